The third-order valence-electron chi connectivity index (χ3n) is 4.60. The lowest BCUT2D eigenvalue weighted by Gasteiger charge is -2.14. The van der Waals surface area contributed by atoms with E-state index >= 15 is 0 Å². The molecule has 0 aliphatic carbocycles. The van der Waals surface area contributed by atoms with Crippen LogP contribution in [-0.4, -0.2) is 40.9 Å². The van der Waals surface area contributed by atoms with Gasteiger partial charge in [-0.15, -0.1) is 0 Å². The van der Waals surface area contributed by atoms with Crippen LogP contribution in [0.4, 0.5) is 42.0 Å². The molecule has 3 heterocycles. The number of nitrogens with one attached hydrogen (secondary N) is 3. The number of benzene rings is 1. The Labute approximate surface area is 201 Å². The van der Waals surface area contributed by atoms with Crippen molar-refractivity contribution < 1.29 is 28.2 Å². The highest BCUT2D eigenvalue weighted by Crippen LogP contribution is 2.32. The standard InChI is InChI=1S/C22H17F3N8O3/c1-33-10-13(8-28-33)30-22-27-9-14(11-4-16(24)20(25)26-7-11)21(32-22)31-17-5-12(2-3-15(17)23)29-18(34)6-19(35)36/h2-10,35-36H,1H3,(H,29,34)(H2,27,30,31,32). The fourth-order valence-electron chi connectivity index (χ4n) is 3.05. The predicted octanol–water partition coefficient (Wildman–Crippen LogP) is 4.07. The van der Waals surface area contributed by atoms with Crippen molar-refractivity contribution in [3.63, 3.8) is 0 Å². The molecular formula is C22H17F3N8O3. The number of pyridine rings is 1. The van der Waals surface area contributed by atoms with E-state index in [-0.39, 0.29) is 34.3 Å². The zero-order valence-corrected chi connectivity index (χ0v) is 18.4. The average molecular weight is 498 g/mol. The first-order valence-electron chi connectivity index (χ1n) is 10.1. The number of hydrogen-bond donors (Lipinski definition) is 5. The van der Waals surface area contributed by atoms with E-state index in [1.54, 1.807) is 17.9 Å². The van der Waals surface area contributed by atoms with Crippen molar-refractivity contribution in [3.05, 3.63) is 78.7 Å². The van der Waals surface area contributed by atoms with Gasteiger partial charge in [-0.25, -0.2) is 18.7 Å². The van der Waals surface area contributed by atoms with Gasteiger partial charge < -0.3 is 26.2 Å². The summed E-state index contributed by atoms with van der Waals surface area (Å²) >= 11 is 0. The number of halogens is 3. The molecule has 0 spiro atoms. The highest BCUT2D eigenvalue weighted by Gasteiger charge is 2.16. The maximum Gasteiger partial charge on any atom is 0.279 e. The largest absolute Gasteiger partial charge is 0.481 e. The van der Waals surface area contributed by atoms with Gasteiger partial charge in [0.05, 0.1) is 23.6 Å². The van der Waals surface area contributed by atoms with E-state index in [4.69, 9.17) is 10.2 Å². The van der Waals surface area contributed by atoms with E-state index in [1.807, 2.05) is 0 Å². The third kappa shape index (κ3) is 5.67. The van der Waals surface area contributed by atoms with Gasteiger partial charge in [-0.05, 0) is 24.3 Å². The van der Waals surface area contributed by atoms with Gasteiger partial charge in [0.25, 0.3) is 11.9 Å². The van der Waals surface area contributed by atoms with Crippen molar-refractivity contribution in [1.82, 2.24) is 24.7 Å². The molecule has 3 aromatic heterocycles. The smallest absolute Gasteiger partial charge is 0.279 e. The molecular weight excluding hydrogens is 481 g/mol. The van der Waals surface area contributed by atoms with Crippen LogP contribution in [0.3, 0.4) is 0 Å². The minimum Gasteiger partial charge on any atom is -0.481 e. The fraction of sp³-hybridized carbons (Fsp3) is 0.0455. The highest BCUT2D eigenvalue weighted by atomic mass is 19.2. The van der Waals surface area contributed by atoms with Crippen LogP contribution >= 0.6 is 0 Å². The van der Waals surface area contributed by atoms with Gasteiger partial charge >= 0.3 is 0 Å². The Morgan fingerprint density at radius 3 is 2.50 bits per heavy atom. The van der Waals surface area contributed by atoms with Crippen LogP contribution in [0.1, 0.15) is 0 Å². The number of aliphatic hydroxyl groups excluding tert-OH is 1. The highest BCUT2D eigenvalue weighted by molar-refractivity contribution is 5.99. The zero-order valence-electron chi connectivity index (χ0n) is 18.4. The van der Waals surface area contributed by atoms with Gasteiger partial charge in [0.2, 0.25) is 11.9 Å². The Kier molecular flexibility index (Phi) is 6.67. The monoisotopic (exact) mass is 498 g/mol. The molecule has 0 atom stereocenters. The van der Waals surface area contributed by atoms with Crippen molar-refractivity contribution in [2.75, 3.05) is 16.0 Å². The summed E-state index contributed by atoms with van der Waals surface area (Å²) in [5.74, 6) is -5.21. The molecule has 36 heavy (non-hydrogen) atoms. The molecule has 0 aliphatic heterocycles. The first-order valence-corrected chi connectivity index (χ1v) is 10.1. The molecule has 0 bridgehead atoms. The van der Waals surface area contributed by atoms with Gasteiger partial charge in [-0.3, -0.25) is 9.48 Å². The van der Waals surface area contributed by atoms with Gasteiger partial charge in [-0.2, -0.15) is 14.5 Å². The lowest BCUT2D eigenvalue weighted by atomic mass is 10.1. The van der Waals surface area contributed by atoms with Gasteiger partial charge in [0.15, 0.2) is 5.82 Å². The van der Waals surface area contributed by atoms with Gasteiger partial charge in [0.1, 0.15) is 11.6 Å². The lowest BCUT2D eigenvalue weighted by molar-refractivity contribution is -0.112. The maximum atomic E-state index is 14.6. The summed E-state index contributed by atoms with van der Waals surface area (Å²) in [4.78, 5) is 23.6. The van der Waals surface area contributed by atoms with Crippen LogP contribution < -0.4 is 16.0 Å². The summed E-state index contributed by atoms with van der Waals surface area (Å²) in [5.41, 5.74) is 0.799. The third-order valence-corrected chi connectivity index (χ3v) is 4.60. The summed E-state index contributed by atoms with van der Waals surface area (Å²) in [6.07, 6.45) is 6.07. The number of amides is 1. The Balaban J connectivity index is 1.72. The summed E-state index contributed by atoms with van der Waals surface area (Å²) in [6, 6.07) is 4.41. The molecule has 0 fully saturated rings. The molecule has 1 amide bonds. The van der Waals surface area contributed by atoms with Crippen molar-refractivity contribution in [1.29, 1.82) is 0 Å². The summed E-state index contributed by atoms with van der Waals surface area (Å²) in [7, 11) is 1.71. The summed E-state index contributed by atoms with van der Waals surface area (Å²) < 4.78 is 43.4. The minimum absolute atomic E-state index is 0.000488. The van der Waals surface area contributed by atoms with E-state index in [0.29, 0.717) is 11.8 Å². The Bertz CT molecular complexity index is 1470. The second-order valence-electron chi connectivity index (χ2n) is 7.29. The second kappa shape index (κ2) is 10.0. The van der Waals surface area contributed by atoms with Crippen molar-refractivity contribution in [3.8, 4) is 11.1 Å². The molecule has 184 valence electrons. The topological polar surface area (TPSA) is 150 Å². The van der Waals surface area contributed by atoms with Crippen molar-refractivity contribution >= 4 is 34.7 Å². The van der Waals surface area contributed by atoms with Crippen LogP contribution in [-0.2, 0) is 11.8 Å². The average Bonchev–Trinajstić information content (AvgIpc) is 3.22. The van der Waals surface area contributed by atoms with Crippen LogP contribution in [0.15, 0.2) is 61.1 Å². The fourth-order valence-corrected chi connectivity index (χ4v) is 3.05. The normalized spacial score (nSPS) is 10.6. The molecule has 11 nitrogen and oxygen atoms in total. The van der Waals surface area contributed by atoms with Gasteiger partial charge in [-0.1, -0.05) is 0 Å². The molecule has 0 saturated carbocycles. The Hall–Kier alpha value is -5.14. The van der Waals surface area contributed by atoms with E-state index in [9.17, 15) is 18.0 Å². The predicted molar refractivity (Wildman–Crippen MR) is 123 cm³/mol. The number of nitrogens with zero attached hydrogens (tertiary/aromatic N) is 5. The Morgan fingerprint density at radius 2 is 1.81 bits per heavy atom. The summed E-state index contributed by atoms with van der Waals surface area (Å²) in [5, 5.41) is 29.7. The lowest BCUT2D eigenvalue weighted by Crippen LogP contribution is -2.10. The van der Waals surface area contributed by atoms with E-state index < -0.39 is 29.4 Å². The molecule has 1 aromatic carbocycles. The molecule has 0 saturated heterocycles. The molecule has 4 aromatic rings. The quantitative estimate of drug-likeness (QED) is 0.144. The van der Waals surface area contributed by atoms with E-state index in [0.717, 1.165) is 18.3 Å². The van der Waals surface area contributed by atoms with Crippen LogP contribution in [0.2, 0.25) is 0 Å². The number of aromatic nitrogens is 5. The van der Waals surface area contributed by atoms with Crippen molar-refractivity contribution in [2.24, 2.45) is 7.05 Å². The first kappa shape index (κ1) is 24.0. The second-order valence-corrected chi connectivity index (χ2v) is 7.29. The molecule has 5 N–H and O–H groups in total. The number of carbonyl (C=O) groups is 1. The summed E-state index contributed by atoms with van der Waals surface area (Å²) in [6.45, 7) is 0. The SMILES string of the molecule is Cn1cc(Nc2ncc(-c3cnc(F)c(F)c3)c(Nc3cc(NC(=O)C=C(O)O)ccc3F)n2)cn1. The van der Waals surface area contributed by atoms with Crippen molar-refractivity contribution in [2.45, 2.75) is 0 Å². The molecule has 0 unspecified atom stereocenters. The minimum atomic E-state index is -1.29. The first-order chi connectivity index (χ1) is 17.2. The van der Waals surface area contributed by atoms with E-state index in [1.165, 1.54) is 24.5 Å². The molecule has 4 rings (SSSR count). The Morgan fingerprint density at radius 1 is 1.00 bits per heavy atom. The number of rotatable bonds is 7. The zero-order chi connectivity index (χ0) is 25.8. The van der Waals surface area contributed by atoms with E-state index in [2.05, 4.69) is 36.0 Å². The van der Waals surface area contributed by atoms with Crippen LogP contribution in [0.25, 0.3) is 11.1 Å². The van der Waals surface area contributed by atoms with Gasteiger partial charge in [0, 0.05) is 42.5 Å². The number of anilines is 5. The number of hydrogen-bond acceptors (Lipinski definition) is 9. The number of aryl methyl sites for hydroxylation is 1. The van der Waals surface area contributed by atoms with Crippen LogP contribution in [0, 0.1) is 17.6 Å². The maximum absolute atomic E-state index is 14.6. The molecule has 0 aliphatic rings. The number of carbonyl (C=O) groups excluding carboxylic acids is 1. The number of aliphatic hydroxyl groups is 2. The van der Waals surface area contributed by atoms with Crippen LogP contribution in [0.5, 0.6) is 0 Å². The molecule has 14 heteroatoms. The molecule has 0 radical (unpaired) electrons.